The number of benzene rings is 3. The zero-order valence-corrected chi connectivity index (χ0v) is 21.9. The molecule has 5 aromatic rings. The number of carbonyl (C=O) groups excluding carboxylic acids is 1. The number of thiocarbonyl (C=S) groups is 1. The molecule has 2 atom stereocenters. The second-order valence-corrected chi connectivity index (χ2v) is 9.85. The summed E-state index contributed by atoms with van der Waals surface area (Å²) in [6.45, 7) is 0.428. The number of aromatic nitrogens is 2. The number of anilines is 1. The summed E-state index contributed by atoms with van der Waals surface area (Å²) in [6.07, 6.45) is 4.02. The summed E-state index contributed by atoms with van der Waals surface area (Å²) in [4.78, 5) is 19.8. The van der Waals surface area contributed by atoms with Gasteiger partial charge in [0.2, 0.25) is 5.91 Å². The smallest absolute Gasteiger partial charge is 0.226 e. The summed E-state index contributed by atoms with van der Waals surface area (Å²) in [5, 5.41) is 19.0. The van der Waals surface area contributed by atoms with Crippen LogP contribution in [0, 0.1) is 0 Å². The summed E-state index contributed by atoms with van der Waals surface area (Å²) >= 11 is 5.80. The third kappa shape index (κ3) is 4.94. The molecule has 0 spiro atoms. The van der Waals surface area contributed by atoms with Crippen LogP contribution in [0.1, 0.15) is 29.9 Å². The van der Waals surface area contributed by atoms with Crippen LogP contribution in [0.25, 0.3) is 16.5 Å². The van der Waals surface area contributed by atoms with E-state index in [0.29, 0.717) is 11.7 Å². The minimum atomic E-state index is -0.207. The normalized spacial score (nSPS) is 16.8. The fraction of sp³-hybridized carbons (Fsp3) is 0.129. The van der Waals surface area contributed by atoms with Crippen LogP contribution in [0.3, 0.4) is 0 Å². The van der Waals surface area contributed by atoms with E-state index in [-0.39, 0.29) is 30.2 Å². The van der Waals surface area contributed by atoms with E-state index in [2.05, 4.69) is 31.2 Å². The molecule has 0 aliphatic carbocycles. The number of hydrogen-bond acceptors (Lipinski definition) is 4. The van der Waals surface area contributed by atoms with Crippen molar-refractivity contribution in [3.63, 3.8) is 0 Å². The third-order valence-electron chi connectivity index (χ3n) is 7.05. The molecule has 0 bridgehead atoms. The number of phenols is 1. The predicted octanol–water partition coefficient (Wildman–Crippen LogP) is 5.73. The number of fused-ring (bicyclic) bond motifs is 1. The van der Waals surface area contributed by atoms with Crippen molar-refractivity contribution >= 4 is 39.7 Å². The molecule has 0 unspecified atom stereocenters. The molecule has 194 valence electrons. The molecule has 7 nitrogen and oxygen atoms in total. The molecule has 1 aliphatic rings. The van der Waals surface area contributed by atoms with Crippen molar-refractivity contribution in [3.8, 4) is 11.4 Å². The van der Waals surface area contributed by atoms with E-state index < -0.39 is 0 Å². The van der Waals surface area contributed by atoms with Gasteiger partial charge in [0.25, 0.3) is 0 Å². The molecule has 6 rings (SSSR count). The van der Waals surface area contributed by atoms with Crippen LogP contribution in [0.5, 0.6) is 5.75 Å². The van der Waals surface area contributed by atoms with Gasteiger partial charge in [0, 0.05) is 47.8 Å². The van der Waals surface area contributed by atoms with Crippen LogP contribution >= 0.6 is 12.2 Å². The van der Waals surface area contributed by atoms with Gasteiger partial charge in [-0.05, 0) is 72.2 Å². The van der Waals surface area contributed by atoms with Gasteiger partial charge in [-0.25, -0.2) is 0 Å². The number of nitrogens with one attached hydrogen (secondary N) is 2. The first kappa shape index (κ1) is 24.6. The summed E-state index contributed by atoms with van der Waals surface area (Å²) in [6, 6.07) is 30.5. The van der Waals surface area contributed by atoms with Gasteiger partial charge in [0.15, 0.2) is 5.11 Å². The number of carbonyl (C=O) groups is 1. The van der Waals surface area contributed by atoms with E-state index in [1.165, 1.54) is 0 Å². The highest BCUT2D eigenvalue weighted by molar-refractivity contribution is 7.80. The second-order valence-electron chi connectivity index (χ2n) is 9.46. The summed E-state index contributed by atoms with van der Waals surface area (Å²) in [5.74, 6) is 0.129. The molecule has 1 aliphatic heterocycles. The van der Waals surface area contributed by atoms with Crippen molar-refractivity contribution in [1.29, 1.82) is 0 Å². The zero-order chi connectivity index (χ0) is 26.8. The topological polar surface area (TPSA) is 82.4 Å². The Kier molecular flexibility index (Phi) is 6.69. The Labute approximate surface area is 231 Å². The van der Waals surface area contributed by atoms with Crippen LogP contribution < -0.4 is 10.6 Å². The first-order valence-electron chi connectivity index (χ1n) is 12.8. The highest BCUT2D eigenvalue weighted by Crippen LogP contribution is 2.39. The standard InChI is InChI=1S/C31H27N5O2S/c37-23-15-13-22(14-16-23)35-19-6-12-27(35)30-29(26-10-3-4-18-32-26)34-31(39)36(30)20-17-28(38)33-25-11-5-8-21-7-1-2-9-24(21)25/h1-16,18-19,29-30,37H,17,20H2,(H,33,38)(H,34,39)/t29-,30-/m0/s1. The molecular weight excluding hydrogens is 506 g/mol. The van der Waals surface area contributed by atoms with Gasteiger partial charge in [-0.1, -0.05) is 42.5 Å². The fourth-order valence-corrected chi connectivity index (χ4v) is 5.55. The summed E-state index contributed by atoms with van der Waals surface area (Å²) in [7, 11) is 0. The number of phenolic OH excluding ortho intramolecular Hbond substituents is 1. The molecular formula is C31H27N5O2S. The monoisotopic (exact) mass is 533 g/mol. The van der Waals surface area contributed by atoms with Crippen LogP contribution in [-0.4, -0.2) is 37.1 Å². The Morgan fingerprint density at radius 1 is 0.949 bits per heavy atom. The van der Waals surface area contributed by atoms with Gasteiger partial charge in [-0.15, -0.1) is 0 Å². The van der Waals surface area contributed by atoms with E-state index in [0.717, 1.165) is 33.5 Å². The molecule has 1 amide bonds. The van der Waals surface area contributed by atoms with Crippen molar-refractivity contribution in [2.24, 2.45) is 0 Å². The largest absolute Gasteiger partial charge is 0.508 e. The van der Waals surface area contributed by atoms with Crippen LogP contribution in [0.2, 0.25) is 0 Å². The second kappa shape index (κ2) is 10.6. The Bertz CT molecular complexity index is 1630. The highest BCUT2D eigenvalue weighted by Gasteiger charge is 2.41. The SMILES string of the molecule is O=C(CCN1C(=S)N[C@@H](c2ccccn2)[C@@H]1c1cccn1-c1ccc(O)cc1)Nc1cccc2ccccc12. The van der Waals surface area contributed by atoms with Crippen LogP contribution in [-0.2, 0) is 4.79 Å². The predicted molar refractivity (Wildman–Crippen MR) is 157 cm³/mol. The lowest BCUT2D eigenvalue weighted by atomic mass is 10.0. The van der Waals surface area contributed by atoms with Gasteiger partial charge in [0.05, 0.1) is 17.8 Å². The van der Waals surface area contributed by atoms with Gasteiger partial charge in [0.1, 0.15) is 5.75 Å². The van der Waals surface area contributed by atoms with Crippen molar-refractivity contribution in [2.75, 3.05) is 11.9 Å². The molecule has 3 aromatic carbocycles. The molecule has 0 saturated carbocycles. The molecule has 0 radical (unpaired) electrons. The number of aromatic hydroxyl groups is 1. The first-order valence-corrected chi connectivity index (χ1v) is 13.2. The Morgan fingerprint density at radius 2 is 1.74 bits per heavy atom. The van der Waals surface area contributed by atoms with E-state index in [4.69, 9.17) is 12.2 Å². The van der Waals surface area contributed by atoms with Crippen LogP contribution in [0.4, 0.5) is 5.69 Å². The van der Waals surface area contributed by atoms with Crippen molar-refractivity contribution in [3.05, 3.63) is 121 Å². The molecule has 39 heavy (non-hydrogen) atoms. The molecule has 1 fully saturated rings. The van der Waals surface area contributed by atoms with Crippen molar-refractivity contribution < 1.29 is 9.90 Å². The first-order chi connectivity index (χ1) is 19.1. The van der Waals surface area contributed by atoms with Gasteiger partial charge < -0.3 is 25.2 Å². The molecule has 8 heteroatoms. The number of nitrogens with zero attached hydrogens (tertiary/aromatic N) is 3. The minimum Gasteiger partial charge on any atom is -0.508 e. The molecule has 3 N–H and O–H groups in total. The maximum atomic E-state index is 13.1. The van der Waals surface area contributed by atoms with E-state index >= 15 is 0 Å². The van der Waals surface area contributed by atoms with Gasteiger partial charge >= 0.3 is 0 Å². The van der Waals surface area contributed by atoms with Crippen LogP contribution in [0.15, 0.2) is 109 Å². The number of amides is 1. The lowest BCUT2D eigenvalue weighted by Gasteiger charge is -2.29. The minimum absolute atomic E-state index is 0.0805. The Balaban J connectivity index is 1.29. The molecule has 2 aromatic heterocycles. The van der Waals surface area contributed by atoms with Gasteiger partial charge in [-0.2, -0.15) is 0 Å². The Hall–Kier alpha value is -4.69. The fourth-order valence-electron chi connectivity index (χ4n) is 5.22. The van der Waals surface area contributed by atoms with E-state index in [1.54, 1.807) is 18.3 Å². The zero-order valence-electron chi connectivity index (χ0n) is 21.1. The van der Waals surface area contributed by atoms with E-state index in [9.17, 15) is 9.90 Å². The Morgan fingerprint density at radius 3 is 2.56 bits per heavy atom. The summed E-state index contributed by atoms with van der Waals surface area (Å²) < 4.78 is 2.08. The number of pyridine rings is 1. The lowest BCUT2D eigenvalue weighted by molar-refractivity contribution is -0.116. The van der Waals surface area contributed by atoms with Crippen molar-refractivity contribution in [2.45, 2.75) is 18.5 Å². The third-order valence-corrected chi connectivity index (χ3v) is 7.40. The number of hydrogen-bond donors (Lipinski definition) is 3. The number of rotatable bonds is 7. The van der Waals surface area contributed by atoms with Crippen molar-refractivity contribution in [1.82, 2.24) is 19.8 Å². The molecule has 1 saturated heterocycles. The maximum absolute atomic E-state index is 13.1. The highest BCUT2D eigenvalue weighted by atomic mass is 32.1. The van der Waals surface area contributed by atoms with E-state index in [1.807, 2.05) is 85.1 Å². The average Bonchev–Trinajstić information content (AvgIpc) is 3.57. The quantitative estimate of drug-likeness (QED) is 0.232. The van der Waals surface area contributed by atoms with Gasteiger partial charge in [-0.3, -0.25) is 9.78 Å². The lowest BCUT2D eigenvalue weighted by Crippen LogP contribution is -2.33. The average molecular weight is 534 g/mol. The molecule has 3 heterocycles. The summed E-state index contributed by atoms with van der Waals surface area (Å²) in [5.41, 5.74) is 3.58. The maximum Gasteiger partial charge on any atom is 0.226 e.